The molecular weight excluding hydrogens is 268 g/mol. The predicted molar refractivity (Wildman–Crippen MR) is 78.9 cm³/mol. The molecule has 112 valence electrons. The number of nitrogens with one attached hydrogen (secondary N) is 1. The lowest BCUT2D eigenvalue weighted by molar-refractivity contribution is 0.0916. The fourth-order valence-electron chi connectivity index (χ4n) is 3.04. The molecule has 21 heavy (non-hydrogen) atoms. The molecule has 1 aromatic carbocycles. The van der Waals surface area contributed by atoms with Crippen LogP contribution in [0.1, 0.15) is 36.5 Å². The zero-order valence-corrected chi connectivity index (χ0v) is 12.1. The molecule has 0 aliphatic heterocycles. The van der Waals surface area contributed by atoms with Gasteiger partial charge >= 0.3 is 0 Å². The van der Waals surface area contributed by atoms with Crippen LogP contribution in [0.25, 0.3) is 11.0 Å². The number of hydrogen-bond donors (Lipinski definition) is 2. The number of benzene rings is 1. The second kappa shape index (κ2) is 5.81. The van der Waals surface area contributed by atoms with Crippen molar-refractivity contribution in [2.75, 3.05) is 6.61 Å². The second-order valence-corrected chi connectivity index (χ2v) is 5.56. The number of amides is 1. The molecule has 1 fully saturated rings. The number of carbonyl (C=O) groups is 1. The Bertz CT molecular complexity index is 652. The molecule has 3 rings (SSSR count). The van der Waals surface area contributed by atoms with Gasteiger partial charge in [-0.2, -0.15) is 0 Å². The molecule has 2 unspecified atom stereocenters. The molecule has 1 aromatic heterocycles. The lowest BCUT2D eigenvalue weighted by atomic mass is 10.0. The Balaban J connectivity index is 1.78. The summed E-state index contributed by atoms with van der Waals surface area (Å²) >= 11 is 0. The van der Waals surface area contributed by atoms with Crippen LogP contribution in [0.2, 0.25) is 0 Å². The Kier molecular flexibility index (Phi) is 3.88. The van der Waals surface area contributed by atoms with E-state index in [9.17, 15) is 9.90 Å². The van der Waals surface area contributed by atoms with Gasteiger partial charge in [-0.3, -0.25) is 4.79 Å². The fraction of sp³-hybridized carbons (Fsp3) is 0.533. The summed E-state index contributed by atoms with van der Waals surface area (Å²) in [5.74, 6) is 0.0759. The minimum Gasteiger partial charge on any atom is -0.396 e. The van der Waals surface area contributed by atoms with E-state index in [1.54, 1.807) is 16.8 Å². The Labute approximate surface area is 123 Å². The van der Waals surface area contributed by atoms with E-state index in [4.69, 9.17) is 0 Å². The van der Waals surface area contributed by atoms with Gasteiger partial charge in [0.2, 0.25) is 0 Å². The van der Waals surface area contributed by atoms with E-state index >= 15 is 0 Å². The molecule has 1 aliphatic rings. The number of nitrogens with zero attached hydrogens (tertiary/aromatic N) is 3. The number of aliphatic hydroxyl groups excluding tert-OH is 1. The van der Waals surface area contributed by atoms with Gasteiger partial charge in [-0.25, -0.2) is 4.68 Å². The molecule has 1 saturated carbocycles. The van der Waals surface area contributed by atoms with Crippen LogP contribution in [0.4, 0.5) is 0 Å². The zero-order valence-electron chi connectivity index (χ0n) is 12.1. The van der Waals surface area contributed by atoms with Crippen molar-refractivity contribution in [1.82, 2.24) is 20.3 Å². The molecule has 0 radical (unpaired) electrons. The van der Waals surface area contributed by atoms with Gasteiger partial charge in [0.05, 0.1) is 5.52 Å². The molecule has 1 amide bonds. The predicted octanol–water partition coefficient (Wildman–Crippen LogP) is 1.34. The Hall–Kier alpha value is -1.95. The van der Waals surface area contributed by atoms with Crippen LogP contribution in [-0.2, 0) is 6.54 Å². The monoisotopic (exact) mass is 288 g/mol. The highest BCUT2D eigenvalue weighted by atomic mass is 16.3. The lowest BCUT2D eigenvalue weighted by Crippen LogP contribution is -2.38. The minimum absolute atomic E-state index is 0.0736. The summed E-state index contributed by atoms with van der Waals surface area (Å²) in [6.07, 6.45) is 2.97. The number of aryl methyl sites for hydroxylation is 1. The summed E-state index contributed by atoms with van der Waals surface area (Å²) in [5, 5.41) is 20.5. The maximum absolute atomic E-state index is 12.3. The summed E-state index contributed by atoms with van der Waals surface area (Å²) < 4.78 is 1.80. The third-order valence-electron chi connectivity index (χ3n) is 4.29. The highest BCUT2D eigenvalue weighted by Gasteiger charge is 2.28. The van der Waals surface area contributed by atoms with Crippen molar-refractivity contribution in [3.63, 3.8) is 0 Å². The molecule has 0 spiro atoms. The van der Waals surface area contributed by atoms with Crippen LogP contribution in [-0.4, -0.2) is 38.7 Å². The third kappa shape index (κ3) is 2.63. The van der Waals surface area contributed by atoms with Crippen molar-refractivity contribution in [3.8, 4) is 0 Å². The maximum atomic E-state index is 12.3. The summed E-state index contributed by atoms with van der Waals surface area (Å²) in [5.41, 5.74) is 2.26. The molecule has 0 saturated heterocycles. The first-order valence-electron chi connectivity index (χ1n) is 7.48. The van der Waals surface area contributed by atoms with Crippen LogP contribution < -0.4 is 5.32 Å². The minimum atomic E-state index is -0.103. The van der Waals surface area contributed by atoms with Crippen molar-refractivity contribution in [2.24, 2.45) is 5.92 Å². The van der Waals surface area contributed by atoms with E-state index in [0.717, 1.165) is 36.8 Å². The van der Waals surface area contributed by atoms with Gasteiger partial charge in [0, 0.05) is 30.7 Å². The van der Waals surface area contributed by atoms with Gasteiger partial charge in [0.1, 0.15) is 5.52 Å². The van der Waals surface area contributed by atoms with Crippen molar-refractivity contribution in [3.05, 3.63) is 23.8 Å². The molecule has 2 atom stereocenters. The van der Waals surface area contributed by atoms with Gasteiger partial charge < -0.3 is 10.4 Å². The number of hydrogen-bond acceptors (Lipinski definition) is 4. The first-order valence-corrected chi connectivity index (χ1v) is 7.48. The van der Waals surface area contributed by atoms with Gasteiger partial charge in [0.15, 0.2) is 0 Å². The van der Waals surface area contributed by atoms with Crippen LogP contribution in [0.15, 0.2) is 18.2 Å². The summed E-state index contributed by atoms with van der Waals surface area (Å²) in [4.78, 5) is 12.3. The standard InChI is InChI=1S/C15H20N4O2/c1-2-19-14-7-6-10(8-13(14)17-18-19)15(21)16-12-5-3-4-11(12)9-20/h6-8,11-12,20H,2-5,9H2,1H3,(H,16,21). The SMILES string of the molecule is CCn1nnc2cc(C(=O)NC3CCCC3CO)ccc21. The molecule has 6 heteroatoms. The van der Waals surface area contributed by atoms with Gasteiger partial charge in [-0.1, -0.05) is 11.6 Å². The third-order valence-corrected chi connectivity index (χ3v) is 4.29. The van der Waals surface area contributed by atoms with E-state index in [-0.39, 0.29) is 24.5 Å². The van der Waals surface area contributed by atoms with E-state index in [1.807, 2.05) is 13.0 Å². The molecule has 2 aromatic rings. The number of aliphatic hydroxyl groups is 1. The summed E-state index contributed by atoms with van der Waals surface area (Å²) in [6, 6.07) is 5.53. The maximum Gasteiger partial charge on any atom is 0.251 e. The normalized spacial score (nSPS) is 21.8. The first-order chi connectivity index (χ1) is 10.2. The van der Waals surface area contributed by atoms with Crippen molar-refractivity contribution in [2.45, 2.75) is 38.8 Å². The fourth-order valence-corrected chi connectivity index (χ4v) is 3.04. The number of carbonyl (C=O) groups excluding carboxylic acids is 1. The van der Waals surface area contributed by atoms with Gasteiger partial charge in [-0.05, 0) is 38.0 Å². The summed E-state index contributed by atoms with van der Waals surface area (Å²) in [7, 11) is 0. The van der Waals surface area contributed by atoms with Gasteiger partial charge in [0.25, 0.3) is 5.91 Å². The van der Waals surface area contributed by atoms with E-state index in [2.05, 4.69) is 15.6 Å². The van der Waals surface area contributed by atoms with E-state index in [1.165, 1.54) is 0 Å². The Morgan fingerprint density at radius 2 is 2.33 bits per heavy atom. The molecular formula is C15H20N4O2. The summed E-state index contributed by atoms with van der Waals surface area (Å²) in [6.45, 7) is 2.89. The van der Waals surface area contributed by atoms with Crippen molar-refractivity contribution in [1.29, 1.82) is 0 Å². The van der Waals surface area contributed by atoms with E-state index in [0.29, 0.717) is 5.56 Å². The molecule has 1 aliphatic carbocycles. The van der Waals surface area contributed by atoms with Gasteiger partial charge in [-0.15, -0.1) is 5.10 Å². The van der Waals surface area contributed by atoms with Crippen LogP contribution >= 0.6 is 0 Å². The molecule has 0 bridgehead atoms. The second-order valence-electron chi connectivity index (χ2n) is 5.56. The Morgan fingerprint density at radius 1 is 1.48 bits per heavy atom. The average Bonchev–Trinajstić information content (AvgIpc) is 3.12. The van der Waals surface area contributed by atoms with Crippen molar-refractivity contribution < 1.29 is 9.90 Å². The largest absolute Gasteiger partial charge is 0.396 e. The molecule has 2 N–H and O–H groups in total. The molecule has 1 heterocycles. The first kappa shape index (κ1) is 14.0. The lowest BCUT2D eigenvalue weighted by Gasteiger charge is -2.18. The number of aromatic nitrogens is 3. The smallest absolute Gasteiger partial charge is 0.251 e. The quantitative estimate of drug-likeness (QED) is 0.889. The topological polar surface area (TPSA) is 80.0 Å². The number of fused-ring (bicyclic) bond motifs is 1. The van der Waals surface area contributed by atoms with Crippen LogP contribution in [0.5, 0.6) is 0 Å². The zero-order chi connectivity index (χ0) is 14.8. The molecule has 6 nitrogen and oxygen atoms in total. The van der Waals surface area contributed by atoms with Crippen LogP contribution in [0, 0.1) is 5.92 Å². The Morgan fingerprint density at radius 3 is 3.10 bits per heavy atom. The number of rotatable bonds is 4. The highest BCUT2D eigenvalue weighted by Crippen LogP contribution is 2.25. The van der Waals surface area contributed by atoms with E-state index < -0.39 is 0 Å². The highest BCUT2D eigenvalue weighted by molar-refractivity contribution is 5.97. The average molecular weight is 288 g/mol. The van der Waals surface area contributed by atoms with Crippen molar-refractivity contribution >= 4 is 16.9 Å². The van der Waals surface area contributed by atoms with Crippen LogP contribution in [0.3, 0.4) is 0 Å².